The number of rotatable bonds is 7. The van der Waals surface area contributed by atoms with E-state index < -0.39 is 6.04 Å². The highest BCUT2D eigenvalue weighted by atomic mass is 16.2. The fourth-order valence-corrected chi connectivity index (χ4v) is 2.11. The average Bonchev–Trinajstić information content (AvgIpc) is 2.56. The van der Waals surface area contributed by atoms with Crippen LogP contribution in [-0.2, 0) is 4.79 Å². The van der Waals surface area contributed by atoms with Gasteiger partial charge in [0.2, 0.25) is 0 Å². The molecule has 104 valence electrons. The molecule has 0 radical (unpaired) electrons. The Balaban J connectivity index is 2.80. The van der Waals surface area contributed by atoms with E-state index in [4.69, 9.17) is 11.7 Å². The number of carbonyl (C=O) groups excluding carboxylic acids is 2. The van der Waals surface area contributed by atoms with Gasteiger partial charge < -0.3 is 4.90 Å². The molecule has 1 unspecified atom stereocenters. The van der Waals surface area contributed by atoms with E-state index >= 15 is 0 Å². The Kier molecular flexibility index (Phi) is 5.48. The Hall–Kier alpha value is -1.22. The number of amides is 3. The summed E-state index contributed by atoms with van der Waals surface area (Å²) in [5.41, 5.74) is 4.93. The molecule has 1 aliphatic heterocycles. The van der Waals surface area contributed by atoms with Gasteiger partial charge in [-0.15, -0.1) is 0 Å². The van der Waals surface area contributed by atoms with E-state index in [1.807, 2.05) is 13.8 Å². The van der Waals surface area contributed by atoms with E-state index in [9.17, 15) is 9.59 Å². The van der Waals surface area contributed by atoms with Gasteiger partial charge in [0.25, 0.3) is 5.91 Å². The van der Waals surface area contributed by atoms with Gasteiger partial charge in [0, 0.05) is 26.2 Å². The molecule has 0 aromatic heterocycles. The molecule has 1 heterocycles. The number of hydrazine groups is 2. The normalized spacial score (nSPS) is 20.4. The van der Waals surface area contributed by atoms with Crippen LogP contribution in [0.2, 0.25) is 0 Å². The summed E-state index contributed by atoms with van der Waals surface area (Å²) in [6.07, 6.45) is 0. The van der Waals surface area contributed by atoms with Crippen molar-refractivity contribution in [2.24, 2.45) is 17.6 Å². The lowest BCUT2D eigenvalue weighted by Gasteiger charge is -2.24. The maximum absolute atomic E-state index is 12.2. The number of urea groups is 1. The van der Waals surface area contributed by atoms with Crippen LogP contribution >= 0.6 is 0 Å². The van der Waals surface area contributed by atoms with Gasteiger partial charge in [-0.2, -0.15) is 0 Å². The first kappa shape index (κ1) is 14.8. The average molecular weight is 258 g/mol. The fraction of sp³-hybridized carbons (Fsp3) is 0.800. The third-order valence-corrected chi connectivity index (χ3v) is 2.94. The van der Waals surface area contributed by atoms with E-state index in [1.54, 1.807) is 4.90 Å². The van der Waals surface area contributed by atoms with Gasteiger partial charge in [-0.3, -0.25) is 32.2 Å². The van der Waals surface area contributed by atoms with Crippen molar-refractivity contribution in [2.75, 3.05) is 26.2 Å². The Morgan fingerprint density at radius 1 is 1.17 bits per heavy atom. The maximum Gasteiger partial charge on any atom is 0.327 e. The summed E-state index contributed by atoms with van der Waals surface area (Å²) < 4.78 is 0. The van der Waals surface area contributed by atoms with Gasteiger partial charge >= 0.3 is 6.03 Å². The summed E-state index contributed by atoms with van der Waals surface area (Å²) in [6.45, 7) is 5.36. The zero-order valence-corrected chi connectivity index (χ0v) is 10.8. The van der Waals surface area contributed by atoms with Crippen molar-refractivity contribution in [3.8, 4) is 0 Å². The second-order valence-electron chi connectivity index (χ2n) is 4.56. The molecule has 3 amide bonds. The van der Waals surface area contributed by atoms with Crippen molar-refractivity contribution in [1.29, 1.82) is 0 Å². The molecule has 0 spiro atoms. The number of hydrogen-bond acceptors (Lipinski definition) is 6. The minimum Gasteiger partial charge on any atom is -0.311 e. The smallest absolute Gasteiger partial charge is 0.311 e. The van der Waals surface area contributed by atoms with E-state index in [0.29, 0.717) is 19.6 Å². The maximum atomic E-state index is 12.2. The van der Waals surface area contributed by atoms with Crippen molar-refractivity contribution < 1.29 is 9.59 Å². The summed E-state index contributed by atoms with van der Waals surface area (Å²) in [4.78, 5) is 27.1. The number of nitrogens with one attached hydrogen (secondary N) is 2. The molecule has 8 heteroatoms. The molecule has 0 bridgehead atoms. The van der Waals surface area contributed by atoms with Crippen LogP contribution in [0.3, 0.4) is 0 Å². The molecule has 0 saturated carbocycles. The van der Waals surface area contributed by atoms with Crippen molar-refractivity contribution in [1.82, 2.24) is 20.7 Å². The summed E-state index contributed by atoms with van der Waals surface area (Å²) in [5.74, 6) is 10.3. The number of nitrogens with two attached hydrogens (primary N) is 2. The molecule has 1 fully saturated rings. The topological polar surface area (TPSA) is 117 Å². The van der Waals surface area contributed by atoms with Crippen LogP contribution in [0.15, 0.2) is 0 Å². The van der Waals surface area contributed by atoms with Crippen LogP contribution in [0.4, 0.5) is 4.79 Å². The van der Waals surface area contributed by atoms with Crippen LogP contribution in [0.5, 0.6) is 0 Å². The van der Waals surface area contributed by atoms with E-state index in [2.05, 4.69) is 10.9 Å². The van der Waals surface area contributed by atoms with Crippen LogP contribution in [-0.4, -0.2) is 54.0 Å². The van der Waals surface area contributed by atoms with Gasteiger partial charge in [-0.1, -0.05) is 13.8 Å². The molecular weight excluding hydrogens is 236 g/mol. The highest BCUT2D eigenvalue weighted by molar-refractivity contribution is 6.04. The Morgan fingerprint density at radius 2 is 1.72 bits per heavy atom. The minimum atomic E-state index is -0.413. The molecule has 1 atom stereocenters. The predicted molar refractivity (Wildman–Crippen MR) is 66.8 cm³/mol. The van der Waals surface area contributed by atoms with Crippen LogP contribution in [0.1, 0.15) is 13.8 Å². The number of nitrogens with zero attached hydrogens (tertiary/aromatic N) is 2. The van der Waals surface area contributed by atoms with Crippen molar-refractivity contribution in [3.63, 3.8) is 0 Å². The molecule has 0 aromatic carbocycles. The van der Waals surface area contributed by atoms with Crippen LogP contribution in [0, 0.1) is 5.92 Å². The summed E-state index contributed by atoms with van der Waals surface area (Å²) in [7, 11) is 0. The quantitative estimate of drug-likeness (QED) is 0.243. The van der Waals surface area contributed by atoms with E-state index in [1.165, 1.54) is 4.90 Å². The summed E-state index contributed by atoms with van der Waals surface area (Å²) >= 11 is 0. The lowest BCUT2D eigenvalue weighted by Crippen LogP contribution is -2.43. The number of imide groups is 1. The number of carbonyl (C=O) groups is 2. The van der Waals surface area contributed by atoms with Gasteiger partial charge in [-0.05, 0) is 5.92 Å². The molecule has 1 rings (SSSR count). The standard InChI is InChI=1S/C10H22N6O2/c1-7(2)8-9(17)16(6-4-14-12)10(18)15(8)5-3-13-11/h7-8,13-14H,3-6,11-12H2,1-2H3. The Labute approximate surface area is 107 Å². The lowest BCUT2D eigenvalue weighted by molar-refractivity contribution is -0.129. The third-order valence-electron chi connectivity index (χ3n) is 2.94. The number of hydrogen-bond donors (Lipinski definition) is 4. The molecule has 6 N–H and O–H groups in total. The highest BCUT2D eigenvalue weighted by Gasteiger charge is 2.45. The van der Waals surface area contributed by atoms with Crippen molar-refractivity contribution in [3.05, 3.63) is 0 Å². The van der Waals surface area contributed by atoms with Gasteiger partial charge in [0.15, 0.2) is 0 Å². The molecule has 18 heavy (non-hydrogen) atoms. The molecule has 1 aliphatic rings. The zero-order chi connectivity index (χ0) is 13.7. The first-order valence-electron chi connectivity index (χ1n) is 6.03. The predicted octanol–water partition coefficient (Wildman–Crippen LogP) is -1.80. The van der Waals surface area contributed by atoms with Crippen LogP contribution in [0.25, 0.3) is 0 Å². The highest BCUT2D eigenvalue weighted by Crippen LogP contribution is 2.22. The van der Waals surface area contributed by atoms with Gasteiger partial charge in [0.05, 0.1) is 0 Å². The third kappa shape index (κ3) is 2.96. The fourth-order valence-electron chi connectivity index (χ4n) is 2.11. The molecule has 1 saturated heterocycles. The first-order chi connectivity index (χ1) is 8.54. The van der Waals surface area contributed by atoms with E-state index in [-0.39, 0.29) is 24.4 Å². The SMILES string of the molecule is CC(C)C1C(=O)N(CCNN)C(=O)N1CCNN. The Bertz CT molecular complexity index is 309. The van der Waals surface area contributed by atoms with Gasteiger partial charge in [-0.25, -0.2) is 4.79 Å². The minimum absolute atomic E-state index is 0.0649. The summed E-state index contributed by atoms with van der Waals surface area (Å²) in [5, 5.41) is 0. The largest absolute Gasteiger partial charge is 0.327 e. The second-order valence-corrected chi connectivity index (χ2v) is 4.56. The lowest BCUT2D eigenvalue weighted by atomic mass is 10.0. The molecule has 8 nitrogen and oxygen atoms in total. The Morgan fingerprint density at radius 3 is 2.22 bits per heavy atom. The first-order valence-corrected chi connectivity index (χ1v) is 6.03. The molecule has 0 aliphatic carbocycles. The van der Waals surface area contributed by atoms with E-state index in [0.717, 1.165) is 0 Å². The second kappa shape index (κ2) is 6.64. The van der Waals surface area contributed by atoms with Crippen molar-refractivity contribution in [2.45, 2.75) is 19.9 Å². The molecule has 0 aromatic rings. The molecular formula is C10H22N6O2. The van der Waals surface area contributed by atoms with Gasteiger partial charge in [0.1, 0.15) is 6.04 Å². The van der Waals surface area contributed by atoms with Crippen molar-refractivity contribution >= 4 is 11.9 Å². The summed E-state index contributed by atoms with van der Waals surface area (Å²) in [6, 6.07) is -0.687. The zero-order valence-electron chi connectivity index (χ0n) is 10.8. The monoisotopic (exact) mass is 258 g/mol. The van der Waals surface area contributed by atoms with Crippen LogP contribution < -0.4 is 22.5 Å².